The SMILES string of the molecule is COCc1nn(CCCC(=O)N2CCCCC2)c(=O)o1. The van der Waals surface area contributed by atoms with E-state index in [0.29, 0.717) is 19.4 Å². The highest BCUT2D eigenvalue weighted by atomic mass is 16.5. The molecule has 1 aromatic heterocycles. The van der Waals surface area contributed by atoms with Gasteiger partial charge in [0.1, 0.15) is 6.61 Å². The lowest BCUT2D eigenvalue weighted by Crippen LogP contribution is -2.35. The number of carbonyl (C=O) groups excluding carboxylic acids is 1. The van der Waals surface area contributed by atoms with Crippen LogP contribution >= 0.6 is 0 Å². The number of piperidine rings is 1. The van der Waals surface area contributed by atoms with Gasteiger partial charge >= 0.3 is 5.76 Å². The van der Waals surface area contributed by atoms with Gasteiger partial charge in [0.2, 0.25) is 11.8 Å². The third kappa shape index (κ3) is 3.93. The smallest absolute Gasteiger partial charge is 0.390 e. The third-order valence-corrected chi connectivity index (χ3v) is 3.39. The van der Waals surface area contributed by atoms with E-state index in [1.54, 1.807) is 0 Å². The van der Waals surface area contributed by atoms with Crippen molar-refractivity contribution in [2.75, 3.05) is 20.2 Å². The van der Waals surface area contributed by atoms with Gasteiger partial charge in [0.05, 0.1) is 0 Å². The van der Waals surface area contributed by atoms with E-state index < -0.39 is 5.76 Å². The zero-order valence-electron chi connectivity index (χ0n) is 11.8. The van der Waals surface area contributed by atoms with Crippen LogP contribution in [0.3, 0.4) is 0 Å². The molecule has 0 atom stereocenters. The van der Waals surface area contributed by atoms with Crippen molar-refractivity contribution in [3.05, 3.63) is 16.4 Å². The van der Waals surface area contributed by atoms with E-state index in [4.69, 9.17) is 9.15 Å². The molecule has 2 rings (SSSR count). The summed E-state index contributed by atoms with van der Waals surface area (Å²) in [7, 11) is 1.51. The van der Waals surface area contributed by atoms with E-state index >= 15 is 0 Å². The number of aromatic nitrogens is 2. The Balaban J connectivity index is 1.77. The Labute approximate surface area is 117 Å². The maximum atomic E-state index is 12.0. The summed E-state index contributed by atoms with van der Waals surface area (Å²) in [5.74, 6) is -0.0688. The molecule has 0 aromatic carbocycles. The van der Waals surface area contributed by atoms with Crippen LogP contribution < -0.4 is 5.76 Å². The van der Waals surface area contributed by atoms with Gasteiger partial charge in [-0.05, 0) is 25.7 Å². The summed E-state index contributed by atoms with van der Waals surface area (Å²) in [5, 5.41) is 4.00. The number of aryl methyl sites for hydroxylation is 1. The molecule has 2 heterocycles. The molecule has 1 amide bonds. The first-order chi connectivity index (χ1) is 9.70. The fourth-order valence-corrected chi connectivity index (χ4v) is 2.35. The second-order valence-electron chi connectivity index (χ2n) is 4.96. The fourth-order valence-electron chi connectivity index (χ4n) is 2.35. The van der Waals surface area contributed by atoms with E-state index in [0.717, 1.165) is 25.9 Å². The second kappa shape index (κ2) is 7.23. The first kappa shape index (κ1) is 14.8. The van der Waals surface area contributed by atoms with Gasteiger partial charge in [-0.1, -0.05) is 0 Å². The summed E-state index contributed by atoms with van der Waals surface area (Å²) >= 11 is 0. The minimum absolute atomic E-state index is 0.165. The van der Waals surface area contributed by atoms with Crippen LogP contribution in [0.15, 0.2) is 9.21 Å². The molecule has 0 spiro atoms. The van der Waals surface area contributed by atoms with Crippen LogP contribution in [-0.2, 0) is 22.7 Å². The molecule has 1 aliphatic heterocycles. The summed E-state index contributed by atoms with van der Waals surface area (Å²) in [5.41, 5.74) is 0. The summed E-state index contributed by atoms with van der Waals surface area (Å²) in [6.07, 6.45) is 4.43. The van der Waals surface area contributed by atoms with Crippen LogP contribution in [0.4, 0.5) is 0 Å². The Hall–Kier alpha value is -1.63. The van der Waals surface area contributed by atoms with Crippen molar-refractivity contribution >= 4 is 5.91 Å². The summed E-state index contributed by atoms with van der Waals surface area (Å²) < 4.78 is 11.0. The molecule has 0 unspecified atom stereocenters. The predicted octanol–water partition coefficient (Wildman–Crippen LogP) is 0.775. The molecule has 0 N–H and O–H groups in total. The molecule has 1 saturated heterocycles. The zero-order valence-corrected chi connectivity index (χ0v) is 11.8. The topological polar surface area (TPSA) is 77.6 Å². The molecule has 1 fully saturated rings. The number of methoxy groups -OCH3 is 1. The lowest BCUT2D eigenvalue weighted by atomic mass is 10.1. The molecule has 7 nitrogen and oxygen atoms in total. The Morgan fingerprint density at radius 2 is 2.10 bits per heavy atom. The normalized spacial score (nSPS) is 15.6. The van der Waals surface area contributed by atoms with Crippen LogP contribution in [0.2, 0.25) is 0 Å². The average Bonchev–Trinajstić information content (AvgIpc) is 2.80. The van der Waals surface area contributed by atoms with E-state index in [-0.39, 0.29) is 18.4 Å². The number of ether oxygens (including phenoxy) is 1. The Kier molecular flexibility index (Phi) is 5.34. The lowest BCUT2D eigenvalue weighted by Gasteiger charge is -2.26. The quantitative estimate of drug-likeness (QED) is 0.771. The number of hydrogen-bond acceptors (Lipinski definition) is 5. The van der Waals surface area contributed by atoms with Crippen LogP contribution in [0.25, 0.3) is 0 Å². The number of nitrogens with zero attached hydrogens (tertiary/aromatic N) is 3. The van der Waals surface area contributed by atoms with Gasteiger partial charge in [0, 0.05) is 33.2 Å². The van der Waals surface area contributed by atoms with Crippen molar-refractivity contribution in [1.29, 1.82) is 0 Å². The number of hydrogen-bond donors (Lipinski definition) is 0. The molecule has 20 heavy (non-hydrogen) atoms. The van der Waals surface area contributed by atoms with Crippen molar-refractivity contribution in [3.63, 3.8) is 0 Å². The number of amides is 1. The van der Waals surface area contributed by atoms with E-state index in [9.17, 15) is 9.59 Å². The maximum absolute atomic E-state index is 12.0. The number of rotatable bonds is 6. The van der Waals surface area contributed by atoms with E-state index in [1.807, 2.05) is 4.90 Å². The molecule has 1 aliphatic rings. The summed E-state index contributed by atoms with van der Waals surface area (Å²) in [6.45, 7) is 2.29. The molecule has 0 saturated carbocycles. The van der Waals surface area contributed by atoms with Gasteiger partial charge in [-0.15, -0.1) is 5.10 Å². The Morgan fingerprint density at radius 3 is 2.80 bits per heavy atom. The van der Waals surface area contributed by atoms with Crippen molar-refractivity contribution in [3.8, 4) is 0 Å². The van der Waals surface area contributed by atoms with Crippen LogP contribution in [0.1, 0.15) is 38.0 Å². The minimum Gasteiger partial charge on any atom is -0.390 e. The van der Waals surface area contributed by atoms with E-state index in [1.165, 1.54) is 18.2 Å². The van der Waals surface area contributed by atoms with Crippen LogP contribution in [-0.4, -0.2) is 40.8 Å². The average molecular weight is 283 g/mol. The van der Waals surface area contributed by atoms with Crippen molar-refractivity contribution in [2.24, 2.45) is 0 Å². The monoisotopic (exact) mass is 283 g/mol. The number of carbonyl (C=O) groups is 1. The van der Waals surface area contributed by atoms with Crippen LogP contribution in [0, 0.1) is 0 Å². The van der Waals surface area contributed by atoms with E-state index in [2.05, 4.69) is 5.10 Å². The van der Waals surface area contributed by atoms with Gasteiger partial charge in [-0.3, -0.25) is 4.79 Å². The van der Waals surface area contributed by atoms with Gasteiger partial charge in [-0.25, -0.2) is 4.79 Å². The molecule has 0 radical (unpaired) electrons. The molecule has 0 aliphatic carbocycles. The van der Waals surface area contributed by atoms with Crippen LogP contribution in [0.5, 0.6) is 0 Å². The van der Waals surface area contributed by atoms with Gasteiger partial charge in [-0.2, -0.15) is 4.68 Å². The molecule has 1 aromatic rings. The largest absolute Gasteiger partial charge is 0.437 e. The van der Waals surface area contributed by atoms with Gasteiger partial charge in [0.25, 0.3) is 0 Å². The minimum atomic E-state index is -0.498. The van der Waals surface area contributed by atoms with Gasteiger partial charge in [0.15, 0.2) is 0 Å². The fraction of sp³-hybridized carbons (Fsp3) is 0.769. The van der Waals surface area contributed by atoms with Crippen molar-refractivity contribution in [2.45, 2.75) is 45.3 Å². The highest BCUT2D eigenvalue weighted by Gasteiger charge is 2.16. The lowest BCUT2D eigenvalue weighted by molar-refractivity contribution is -0.132. The van der Waals surface area contributed by atoms with Crippen molar-refractivity contribution < 1.29 is 13.9 Å². The first-order valence-corrected chi connectivity index (χ1v) is 7.04. The van der Waals surface area contributed by atoms with Crippen molar-refractivity contribution in [1.82, 2.24) is 14.7 Å². The second-order valence-corrected chi connectivity index (χ2v) is 4.96. The standard InChI is InChI=1S/C13H21N3O4/c1-19-10-11-14-16(13(18)20-11)9-5-6-12(17)15-7-3-2-4-8-15/h2-10H2,1H3. The first-order valence-electron chi connectivity index (χ1n) is 7.04. The molecule has 7 heteroatoms. The Bertz CT molecular complexity index is 488. The highest BCUT2D eigenvalue weighted by molar-refractivity contribution is 5.76. The molecular formula is C13H21N3O4. The molecule has 112 valence electrons. The third-order valence-electron chi connectivity index (χ3n) is 3.39. The zero-order chi connectivity index (χ0) is 14.4. The molecular weight excluding hydrogens is 262 g/mol. The highest BCUT2D eigenvalue weighted by Crippen LogP contribution is 2.10. The molecule has 0 bridgehead atoms. The number of likely N-dealkylation sites (tertiary alicyclic amines) is 1. The maximum Gasteiger partial charge on any atom is 0.437 e. The predicted molar refractivity (Wildman–Crippen MR) is 71.1 cm³/mol. The summed E-state index contributed by atoms with van der Waals surface area (Å²) in [4.78, 5) is 25.3. The summed E-state index contributed by atoms with van der Waals surface area (Å²) in [6, 6.07) is 0. The van der Waals surface area contributed by atoms with Gasteiger partial charge < -0.3 is 14.1 Å². The Morgan fingerprint density at radius 1 is 1.35 bits per heavy atom.